The lowest BCUT2D eigenvalue weighted by Crippen LogP contribution is -2.42. The van der Waals surface area contributed by atoms with Crippen LogP contribution in [0.5, 0.6) is 0 Å². The predicted octanol–water partition coefficient (Wildman–Crippen LogP) is 2.44. The first-order valence-corrected chi connectivity index (χ1v) is 8.48. The predicted molar refractivity (Wildman–Crippen MR) is 97.6 cm³/mol. The van der Waals surface area contributed by atoms with Crippen LogP contribution in [0.2, 0.25) is 5.02 Å². The zero-order chi connectivity index (χ0) is 18.7. The number of likely N-dealkylation sites (N-methyl/N-ethyl adjacent to an activating group) is 1. The number of hydrogen-bond acceptors (Lipinski definition) is 3. The van der Waals surface area contributed by atoms with Gasteiger partial charge in [-0.25, -0.2) is 4.79 Å². The van der Waals surface area contributed by atoms with E-state index in [2.05, 4.69) is 5.32 Å². The van der Waals surface area contributed by atoms with Gasteiger partial charge in [0.1, 0.15) is 13.1 Å². The zero-order valence-electron chi connectivity index (χ0n) is 14.2. The van der Waals surface area contributed by atoms with E-state index in [-0.39, 0.29) is 19.0 Å². The molecule has 4 amide bonds. The van der Waals surface area contributed by atoms with Gasteiger partial charge in [0, 0.05) is 12.1 Å². The molecule has 1 saturated heterocycles. The van der Waals surface area contributed by atoms with Crippen LogP contribution in [0.3, 0.4) is 0 Å². The Kier molecular flexibility index (Phi) is 5.23. The molecule has 1 fully saturated rings. The van der Waals surface area contributed by atoms with E-state index >= 15 is 0 Å². The van der Waals surface area contributed by atoms with Crippen LogP contribution in [0.4, 0.5) is 4.79 Å². The van der Waals surface area contributed by atoms with Gasteiger partial charge >= 0.3 is 6.03 Å². The van der Waals surface area contributed by atoms with E-state index in [1.54, 1.807) is 12.1 Å². The number of halogens is 1. The van der Waals surface area contributed by atoms with Crippen LogP contribution in [0.15, 0.2) is 54.6 Å². The van der Waals surface area contributed by atoms with Crippen LogP contribution in [-0.2, 0) is 9.59 Å². The minimum Gasteiger partial charge on any atom is -0.344 e. The molecule has 26 heavy (non-hydrogen) atoms. The summed E-state index contributed by atoms with van der Waals surface area (Å²) in [4.78, 5) is 38.6. The molecule has 0 aliphatic carbocycles. The molecule has 1 N–H and O–H groups in total. The maximum Gasteiger partial charge on any atom is 0.327 e. The van der Waals surface area contributed by atoms with Crippen LogP contribution < -0.4 is 5.32 Å². The Morgan fingerprint density at radius 2 is 1.69 bits per heavy atom. The second kappa shape index (κ2) is 7.58. The van der Waals surface area contributed by atoms with Crippen LogP contribution >= 0.6 is 11.6 Å². The fourth-order valence-electron chi connectivity index (χ4n) is 2.83. The summed E-state index contributed by atoms with van der Waals surface area (Å²) in [6, 6.07) is 15.8. The minimum atomic E-state index is -0.465. The molecule has 2 aromatic rings. The van der Waals surface area contributed by atoms with Crippen LogP contribution in [-0.4, -0.2) is 47.8 Å². The molecule has 0 saturated carbocycles. The molecule has 7 heteroatoms. The van der Waals surface area contributed by atoms with Crippen molar-refractivity contribution in [1.29, 1.82) is 0 Å². The van der Waals surface area contributed by atoms with Gasteiger partial charge in [-0.1, -0.05) is 54.1 Å². The first-order valence-electron chi connectivity index (χ1n) is 8.11. The van der Waals surface area contributed by atoms with E-state index in [0.29, 0.717) is 5.02 Å². The SMILES string of the molecule is CN1CC(=O)N(CC(=O)NC(c2ccccc2)c2ccc(Cl)cc2)C1=O. The summed E-state index contributed by atoms with van der Waals surface area (Å²) in [6.07, 6.45) is 0. The van der Waals surface area contributed by atoms with Gasteiger partial charge in [-0.15, -0.1) is 0 Å². The van der Waals surface area contributed by atoms with Gasteiger partial charge in [-0.3, -0.25) is 14.5 Å². The van der Waals surface area contributed by atoms with Crippen molar-refractivity contribution in [3.63, 3.8) is 0 Å². The van der Waals surface area contributed by atoms with Gasteiger partial charge < -0.3 is 10.2 Å². The lowest BCUT2D eigenvalue weighted by molar-refractivity contribution is -0.130. The molecular weight excluding hydrogens is 354 g/mol. The summed E-state index contributed by atoms with van der Waals surface area (Å²) in [5.74, 6) is -0.791. The van der Waals surface area contributed by atoms with E-state index in [1.807, 2.05) is 42.5 Å². The Balaban J connectivity index is 1.80. The molecule has 0 radical (unpaired) electrons. The number of imide groups is 1. The number of nitrogens with zero attached hydrogens (tertiary/aromatic N) is 2. The summed E-state index contributed by atoms with van der Waals surface area (Å²) in [5.41, 5.74) is 1.74. The Morgan fingerprint density at radius 3 is 2.27 bits per heavy atom. The number of amides is 4. The highest BCUT2D eigenvalue weighted by atomic mass is 35.5. The highest BCUT2D eigenvalue weighted by molar-refractivity contribution is 6.30. The average molecular weight is 372 g/mol. The van der Waals surface area contributed by atoms with E-state index < -0.39 is 18.0 Å². The van der Waals surface area contributed by atoms with Crippen LogP contribution in [0, 0.1) is 0 Å². The van der Waals surface area contributed by atoms with Crippen molar-refractivity contribution in [1.82, 2.24) is 15.1 Å². The molecule has 1 aliphatic heterocycles. The molecule has 1 atom stereocenters. The molecule has 2 aromatic carbocycles. The Bertz CT molecular complexity index is 824. The van der Waals surface area contributed by atoms with E-state index in [0.717, 1.165) is 16.0 Å². The van der Waals surface area contributed by atoms with Crippen molar-refractivity contribution in [3.8, 4) is 0 Å². The number of carbonyl (C=O) groups is 3. The first kappa shape index (κ1) is 17.9. The van der Waals surface area contributed by atoms with Crippen molar-refractivity contribution < 1.29 is 14.4 Å². The molecule has 3 rings (SSSR count). The molecular formula is C19H18ClN3O3. The van der Waals surface area contributed by atoms with Gasteiger partial charge in [0.05, 0.1) is 6.04 Å². The number of benzene rings is 2. The quantitative estimate of drug-likeness (QED) is 0.821. The lowest BCUT2D eigenvalue weighted by atomic mass is 9.98. The standard InChI is InChI=1S/C19H18ClN3O3/c1-22-12-17(25)23(19(22)26)11-16(24)21-18(13-5-3-2-4-6-13)14-7-9-15(20)10-8-14/h2-10,18H,11-12H2,1H3,(H,21,24). The zero-order valence-corrected chi connectivity index (χ0v) is 14.9. The van der Waals surface area contributed by atoms with E-state index in [4.69, 9.17) is 11.6 Å². The molecule has 0 aromatic heterocycles. The number of nitrogens with one attached hydrogen (secondary N) is 1. The van der Waals surface area contributed by atoms with Gasteiger partial charge in [-0.2, -0.15) is 0 Å². The topological polar surface area (TPSA) is 69.7 Å². The summed E-state index contributed by atoms with van der Waals surface area (Å²) in [5, 5.41) is 3.51. The average Bonchev–Trinajstić information content (AvgIpc) is 2.87. The van der Waals surface area contributed by atoms with Gasteiger partial charge in [-0.05, 0) is 23.3 Å². The number of hydrogen-bond donors (Lipinski definition) is 1. The maximum atomic E-state index is 12.5. The molecule has 0 spiro atoms. The summed E-state index contributed by atoms with van der Waals surface area (Å²) in [7, 11) is 1.53. The normalized spacial score (nSPS) is 15.3. The number of rotatable bonds is 5. The third-order valence-electron chi connectivity index (χ3n) is 4.17. The van der Waals surface area contributed by atoms with Crippen LogP contribution in [0.1, 0.15) is 17.2 Å². The molecule has 1 unspecified atom stereocenters. The van der Waals surface area contributed by atoms with E-state index in [9.17, 15) is 14.4 Å². The highest BCUT2D eigenvalue weighted by Gasteiger charge is 2.35. The van der Waals surface area contributed by atoms with Crippen molar-refractivity contribution in [2.45, 2.75) is 6.04 Å². The van der Waals surface area contributed by atoms with Gasteiger partial charge in [0.2, 0.25) is 5.91 Å². The van der Waals surface area contributed by atoms with Gasteiger partial charge in [0.25, 0.3) is 5.91 Å². The minimum absolute atomic E-state index is 0.00852. The lowest BCUT2D eigenvalue weighted by Gasteiger charge is -2.21. The van der Waals surface area contributed by atoms with Crippen molar-refractivity contribution in [2.75, 3.05) is 20.1 Å². The number of urea groups is 1. The second-order valence-electron chi connectivity index (χ2n) is 6.08. The van der Waals surface area contributed by atoms with Gasteiger partial charge in [0.15, 0.2) is 0 Å². The maximum absolute atomic E-state index is 12.5. The summed E-state index contributed by atoms with van der Waals surface area (Å²) < 4.78 is 0. The van der Waals surface area contributed by atoms with Crippen molar-refractivity contribution >= 4 is 29.4 Å². The van der Waals surface area contributed by atoms with Crippen LogP contribution in [0.25, 0.3) is 0 Å². The molecule has 1 aliphatic rings. The summed E-state index contributed by atoms with van der Waals surface area (Å²) in [6.45, 7) is -0.315. The molecule has 6 nitrogen and oxygen atoms in total. The Morgan fingerprint density at radius 1 is 1.08 bits per heavy atom. The van der Waals surface area contributed by atoms with Crippen molar-refractivity contribution in [2.24, 2.45) is 0 Å². The fraction of sp³-hybridized carbons (Fsp3) is 0.211. The number of carbonyl (C=O) groups excluding carboxylic acids is 3. The second-order valence-corrected chi connectivity index (χ2v) is 6.52. The van der Waals surface area contributed by atoms with Crippen molar-refractivity contribution in [3.05, 3.63) is 70.7 Å². The monoisotopic (exact) mass is 371 g/mol. The molecule has 134 valence electrons. The smallest absolute Gasteiger partial charge is 0.327 e. The fourth-order valence-corrected chi connectivity index (χ4v) is 2.96. The summed E-state index contributed by atoms with van der Waals surface area (Å²) >= 11 is 5.95. The van der Waals surface area contributed by atoms with E-state index in [1.165, 1.54) is 11.9 Å². The molecule has 0 bridgehead atoms. The largest absolute Gasteiger partial charge is 0.344 e. The highest BCUT2D eigenvalue weighted by Crippen LogP contribution is 2.23. The molecule has 1 heterocycles. The third kappa shape index (κ3) is 3.86. The third-order valence-corrected chi connectivity index (χ3v) is 4.43. The Hall–Kier alpha value is -2.86. The first-order chi connectivity index (χ1) is 12.5. The Labute approximate surface area is 156 Å².